The number of halogens is 3. The molecule has 0 saturated heterocycles. The molecule has 0 fully saturated rings. The molecule has 0 aliphatic carbocycles. The largest absolute Gasteiger partial charge is 0.271 e. The van der Waals surface area contributed by atoms with E-state index in [0.717, 1.165) is 4.47 Å². The molecular formula is C13H12BrClFN3. The summed E-state index contributed by atoms with van der Waals surface area (Å²) in [7, 11) is 0. The molecule has 19 heavy (non-hydrogen) atoms. The summed E-state index contributed by atoms with van der Waals surface area (Å²) in [6.07, 6.45) is 1.94. The van der Waals surface area contributed by atoms with Gasteiger partial charge in [-0.05, 0) is 42.3 Å². The summed E-state index contributed by atoms with van der Waals surface area (Å²) in [5.41, 5.74) is 3.92. The van der Waals surface area contributed by atoms with Gasteiger partial charge in [-0.25, -0.2) is 4.39 Å². The zero-order valence-corrected chi connectivity index (χ0v) is 12.2. The molecule has 2 rings (SSSR count). The predicted octanol–water partition coefficient (Wildman–Crippen LogP) is 3.38. The first kappa shape index (κ1) is 14.4. The second-order valence-electron chi connectivity index (χ2n) is 4.06. The van der Waals surface area contributed by atoms with Gasteiger partial charge in [-0.2, -0.15) is 0 Å². The number of rotatable bonds is 4. The Kier molecular flexibility index (Phi) is 4.87. The van der Waals surface area contributed by atoms with E-state index in [4.69, 9.17) is 17.4 Å². The number of aromatic nitrogens is 1. The molecule has 0 bridgehead atoms. The second-order valence-corrected chi connectivity index (χ2v) is 5.41. The van der Waals surface area contributed by atoms with Gasteiger partial charge in [0.2, 0.25) is 0 Å². The molecule has 6 heteroatoms. The van der Waals surface area contributed by atoms with Crippen LogP contribution in [-0.4, -0.2) is 4.98 Å². The molecule has 3 nitrogen and oxygen atoms in total. The summed E-state index contributed by atoms with van der Waals surface area (Å²) >= 11 is 9.11. The smallest absolute Gasteiger partial charge is 0.126 e. The topological polar surface area (TPSA) is 50.9 Å². The molecule has 100 valence electrons. The Labute approximate surface area is 124 Å². The first-order valence-corrected chi connectivity index (χ1v) is 6.78. The molecule has 2 aromatic rings. The van der Waals surface area contributed by atoms with Crippen LogP contribution in [0.4, 0.5) is 4.39 Å². The van der Waals surface area contributed by atoms with Gasteiger partial charge in [0.15, 0.2) is 0 Å². The van der Waals surface area contributed by atoms with Crippen molar-refractivity contribution in [1.82, 2.24) is 10.4 Å². The Morgan fingerprint density at radius 1 is 1.37 bits per heavy atom. The molecular weight excluding hydrogens is 333 g/mol. The average Bonchev–Trinajstić information content (AvgIpc) is 2.41. The second kappa shape index (κ2) is 6.43. The summed E-state index contributed by atoms with van der Waals surface area (Å²) < 4.78 is 14.5. The molecule has 0 spiro atoms. The van der Waals surface area contributed by atoms with Gasteiger partial charge < -0.3 is 0 Å². The van der Waals surface area contributed by atoms with Crippen LogP contribution in [0.25, 0.3) is 0 Å². The van der Waals surface area contributed by atoms with Crippen LogP contribution in [0.15, 0.2) is 41.0 Å². The highest BCUT2D eigenvalue weighted by atomic mass is 79.9. The van der Waals surface area contributed by atoms with Gasteiger partial charge in [0.05, 0.1) is 16.8 Å². The van der Waals surface area contributed by atoms with E-state index >= 15 is 0 Å². The number of hydrogen-bond acceptors (Lipinski definition) is 3. The first-order valence-electron chi connectivity index (χ1n) is 5.61. The highest BCUT2D eigenvalue weighted by Gasteiger charge is 2.14. The van der Waals surface area contributed by atoms with E-state index in [-0.39, 0.29) is 11.9 Å². The lowest BCUT2D eigenvalue weighted by molar-refractivity contribution is 0.518. The molecule has 1 aromatic carbocycles. The third-order valence-corrected chi connectivity index (χ3v) is 3.46. The molecule has 0 radical (unpaired) electrons. The zero-order valence-electron chi connectivity index (χ0n) is 9.91. The van der Waals surface area contributed by atoms with Gasteiger partial charge in [0.25, 0.3) is 0 Å². The number of nitrogens with two attached hydrogens (primary N) is 1. The fourth-order valence-electron chi connectivity index (χ4n) is 1.76. The maximum absolute atomic E-state index is 13.7. The van der Waals surface area contributed by atoms with Gasteiger partial charge in [0.1, 0.15) is 5.82 Å². The highest BCUT2D eigenvalue weighted by molar-refractivity contribution is 9.10. The number of hydrogen-bond donors (Lipinski definition) is 2. The number of hydrazine groups is 1. The van der Waals surface area contributed by atoms with Crippen molar-refractivity contribution in [2.45, 2.75) is 12.5 Å². The van der Waals surface area contributed by atoms with Crippen LogP contribution in [0.5, 0.6) is 0 Å². The normalized spacial score (nSPS) is 12.4. The standard InChI is InChI=1S/C13H12BrClFN3/c14-9-1-3-11(16)8(5-9)6-13(19-17)12-4-2-10(15)7-18-12/h1-5,7,13,19H,6,17H2. The summed E-state index contributed by atoms with van der Waals surface area (Å²) in [5, 5.41) is 0.549. The molecule has 3 N–H and O–H groups in total. The summed E-state index contributed by atoms with van der Waals surface area (Å²) in [6.45, 7) is 0. The first-order chi connectivity index (χ1) is 9.10. The van der Waals surface area contributed by atoms with Crippen LogP contribution in [0.2, 0.25) is 5.02 Å². The van der Waals surface area contributed by atoms with Crippen LogP contribution >= 0.6 is 27.5 Å². The van der Waals surface area contributed by atoms with E-state index in [1.807, 2.05) is 0 Å². The highest BCUT2D eigenvalue weighted by Crippen LogP contribution is 2.22. The predicted molar refractivity (Wildman–Crippen MR) is 77.1 cm³/mol. The van der Waals surface area contributed by atoms with Crippen molar-refractivity contribution in [3.05, 3.63) is 63.1 Å². The van der Waals surface area contributed by atoms with Crippen LogP contribution in [0.1, 0.15) is 17.3 Å². The van der Waals surface area contributed by atoms with Crippen molar-refractivity contribution >= 4 is 27.5 Å². The molecule has 1 atom stereocenters. The lowest BCUT2D eigenvalue weighted by Gasteiger charge is -2.16. The Hall–Kier alpha value is -1.01. The Morgan fingerprint density at radius 3 is 2.79 bits per heavy atom. The zero-order chi connectivity index (χ0) is 13.8. The molecule has 1 heterocycles. The van der Waals surface area contributed by atoms with E-state index in [2.05, 4.69) is 26.3 Å². The van der Waals surface area contributed by atoms with Crippen LogP contribution in [0.3, 0.4) is 0 Å². The minimum atomic E-state index is -0.277. The SMILES string of the molecule is NNC(Cc1cc(Br)ccc1F)c1ccc(Cl)cn1. The van der Waals surface area contributed by atoms with E-state index in [1.165, 1.54) is 6.07 Å². The monoisotopic (exact) mass is 343 g/mol. The Bertz CT molecular complexity index is 562. The molecule has 1 unspecified atom stereocenters. The van der Waals surface area contributed by atoms with E-state index < -0.39 is 0 Å². The number of pyridine rings is 1. The number of nitrogens with zero attached hydrogens (tertiary/aromatic N) is 1. The lowest BCUT2D eigenvalue weighted by Crippen LogP contribution is -2.30. The average molecular weight is 345 g/mol. The quantitative estimate of drug-likeness (QED) is 0.660. The van der Waals surface area contributed by atoms with Crippen LogP contribution in [0, 0.1) is 5.82 Å². The van der Waals surface area contributed by atoms with Crippen molar-refractivity contribution in [3.8, 4) is 0 Å². The molecule has 0 amide bonds. The van der Waals surface area contributed by atoms with Gasteiger partial charge in [0, 0.05) is 10.7 Å². The fourth-order valence-corrected chi connectivity index (χ4v) is 2.28. The molecule has 0 saturated carbocycles. The van der Waals surface area contributed by atoms with E-state index in [9.17, 15) is 4.39 Å². The Balaban J connectivity index is 2.23. The minimum absolute atomic E-state index is 0.266. The molecule has 0 aliphatic rings. The maximum atomic E-state index is 13.7. The lowest BCUT2D eigenvalue weighted by atomic mass is 10.0. The summed E-state index contributed by atoms with van der Waals surface area (Å²) in [5.74, 6) is 5.26. The van der Waals surface area contributed by atoms with Gasteiger partial charge in [-0.15, -0.1) is 0 Å². The summed E-state index contributed by atoms with van der Waals surface area (Å²) in [6, 6.07) is 8.03. The van der Waals surface area contributed by atoms with Crippen molar-refractivity contribution < 1.29 is 4.39 Å². The maximum Gasteiger partial charge on any atom is 0.126 e. The van der Waals surface area contributed by atoms with Gasteiger partial charge in [-0.3, -0.25) is 16.3 Å². The molecule has 0 aliphatic heterocycles. The van der Waals surface area contributed by atoms with Crippen molar-refractivity contribution in [2.24, 2.45) is 5.84 Å². The third kappa shape index (κ3) is 3.73. The Morgan fingerprint density at radius 2 is 2.16 bits per heavy atom. The van der Waals surface area contributed by atoms with Gasteiger partial charge >= 0.3 is 0 Å². The third-order valence-electron chi connectivity index (χ3n) is 2.74. The van der Waals surface area contributed by atoms with Crippen LogP contribution < -0.4 is 11.3 Å². The number of nitrogens with one attached hydrogen (secondary N) is 1. The fraction of sp³-hybridized carbons (Fsp3) is 0.154. The minimum Gasteiger partial charge on any atom is -0.271 e. The van der Waals surface area contributed by atoms with Crippen molar-refractivity contribution in [1.29, 1.82) is 0 Å². The van der Waals surface area contributed by atoms with E-state index in [0.29, 0.717) is 22.7 Å². The van der Waals surface area contributed by atoms with Crippen LogP contribution in [-0.2, 0) is 6.42 Å². The number of benzene rings is 1. The molecule has 1 aromatic heterocycles. The van der Waals surface area contributed by atoms with Gasteiger partial charge in [-0.1, -0.05) is 27.5 Å². The van der Waals surface area contributed by atoms with E-state index in [1.54, 1.807) is 30.5 Å². The summed E-state index contributed by atoms with van der Waals surface area (Å²) in [4.78, 5) is 4.19. The van der Waals surface area contributed by atoms with Crippen molar-refractivity contribution in [3.63, 3.8) is 0 Å². The van der Waals surface area contributed by atoms with Crippen molar-refractivity contribution in [2.75, 3.05) is 0 Å².